The summed E-state index contributed by atoms with van der Waals surface area (Å²) < 4.78 is 27.8. The zero-order chi connectivity index (χ0) is 19.5. The Labute approximate surface area is 155 Å². The van der Waals surface area contributed by atoms with Crippen molar-refractivity contribution in [2.75, 3.05) is 26.8 Å². The van der Waals surface area contributed by atoms with Gasteiger partial charge in [-0.25, -0.2) is 4.31 Å². The standard InChI is InChI=1S/C16H29N5O4S/c1-12(2)9-13(17)16(23)18-14-5-4-6-20(10-15(14)22)26(24,25)21-8-7-19(3)11-21/h7-8,12-14H,4-6,9-11,17H2,1-3H3,(H,18,23)/t13-,14?/m0/s1. The molecular formula is C16H29N5O4S. The summed E-state index contributed by atoms with van der Waals surface area (Å²) in [5.74, 6) is -0.405. The van der Waals surface area contributed by atoms with Crippen LogP contribution >= 0.6 is 0 Å². The van der Waals surface area contributed by atoms with Crippen LogP contribution in [0.15, 0.2) is 12.4 Å². The van der Waals surface area contributed by atoms with Gasteiger partial charge in [0.05, 0.1) is 18.6 Å². The minimum Gasteiger partial charge on any atom is -0.361 e. The summed E-state index contributed by atoms with van der Waals surface area (Å²) in [4.78, 5) is 26.4. The van der Waals surface area contributed by atoms with Crippen molar-refractivity contribution in [2.24, 2.45) is 11.7 Å². The van der Waals surface area contributed by atoms with Gasteiger partial charge >= 0.3 is 10.2 Å². The number of hydrogen-bond donors (Lipinski definition) is 2. The number of carbonyl (C=O) groups is 2. The number of ketones is 1. The van der Waals surface area contributed by atoms with Crippen molar-refractivity contribution in [2.45, 2.75) is 45.2 Å². The molecule has 9 nitrogen and oxygen atoms in total. The van der Waals surface area contributed by atoms with Gasteiger partial charge in [0.15, 0.2) is 5.78 Å². The van der Waals surface area contributed by atoms with E-state index >= 15 is 0 Å². The van der Waals surface area contributed by atoms with Crippen molar-refractivity contribution < 1.29 is 18.0 Å². The first kappa shape index (κ1) is 20.7. The van der Waals surface area contributed by atoms with Gasteiger partial charge in [0.1, 0.15) is 6.67 Å². The van der Waals surface area contributed by atoms with Crippen LogP contribution in [0.3, 0.4) is 0 Å². The molecule has 2 aliphatic heterocycles. The third-order valence-electron chi connectivity index (χ3n) is 4.47. The molecule has 1 saturated heterocycles. The average Bonchev–Trinajstić information content (AvgIpc) is 2.90. The van der Waals surface area contributed by atoms with Crippen LogP contribution in [0.4, 0.5) is 0 Å². The number of nitrogens with zero attached hydrogens (tertiary/aromatic N) is 3. The molecule has 0 bridgehead atoms. The van der Waals surface area contributed by atoms with E-state index in [1.165, 1.54) is 14.8 Å². The summed E-state index contributed by atoms with van der Waals surface area (Å²) in [5, 5.41) is 2.69. The summed E-state index contributed by atoms with van der Waals surface area (Å²) in [5.41, 5.74) is 5.86. The van der Waals surface area contributed by atoms with Gasteiger partial charge < -0.3 is 16.0 Å². The van der Waals surface area contributed by atoms with Crippen molar-refractivity contribution in [3.05, 3.63) is 12.4 Å². The smallest absolute Gasteiger partial charge is 0.305 e. The first-order chi connectivity index (χ1) is 12.1. The molecule has 0 aromatic heterocycles. The summed E-state index contributed by atoms with van der Waals surface area (Å²) in [6.07, 6.45) is 4.57. The molecule has 0 radical (unpaired) electrons. The fourth-order valence-corrected chi connectivity index (χ4v) is 4.52. The molecule has 2 aliphatic rings. The van der Waals surface area contributed by atoms with Gasteiger partial charge in [-0.2, -0.15) is 12.7 Å². The van der Waals surface area contributed by atoms with Crippen molar-refractivity contribution >= 4 is 21.9 Å². The van der Waals surface area contributed by atoms with E-state index < -0.39 is 22.3 Å². The summed E-state index contributed by atoms with van der Waals surface area (Å²) in [6.45, 7) is 4.15. The Hall–Kier alpha value is -1.65. The monoisotopic (exact) mass is 387 g/mol. The van der Waals surface area contributed by atoms with E-state index in [0.29, 0.717) is 19.3 Å². The number of hydrogen-bond acceptors (Lipinski definition) is 6. The van der Waals surface area contributed by atoms with Crippen LogP contribution in [0.25, 0.3) is 0 Å². The first-order valence-electron chi connectivity index (χ1n) is 8.85. The Morgan fingerprint density at radius 1 is 1.38 bits per heavy atom. The third-order valence-corrected chi connectivity index (χ3v) is 6.27. The largest absolute Gasteiger partial charge is 0.361 e. The molecule has 2 heterocycles. The molecule has 0 aromatic rings. The van der Waals surface area contributed by atoms with E-state index in [1.54, 1.807) is 18.1 Å². The number of nitrogens with two attached hydrogens (primary N) is 1. The average molecular weight is 388 g/mol. The van der Waals surface area contributed by atoms with Gasteiger partial charge in [-0.3, -0.25) is 9.59 Å². The minimum absolute atomic E-state index is 0.219. The van der Waals surface area contributed by atoms with E-state index in [-0.39, 0.29) is 37.4 Å². The van der Waals surface area contributed by atoms with Crippen LogP contribution in [-0.4, -0.2) is 72.5 Å². The molecule has 0 spiro atoms. The zero-order valence-electron chi connectivity index (χ0n) is 15.6. The molecule has 0 aliphatic carbocycles. The Balaban J connectivity index is 1.99. The predicted molar refractivity (Wildman–Crippen MR) is 97.7 cm³/mol. The SMILES string of the molecule is CC(C)C[C@H](N)C(=O)NC1CCCN(S(=O)(=O)N2C=CN(C)C2)CC1=O. The van der Waals surface area contributed by atoms with Crippen LogP contribution in [0.1, 0.15) is 33.1 Å². The van der Waals surface area contributed by atoms with Gasteiger partial charge in [-0.05, 0) is 25.2 Å². The Morgan fingerprint density at radius 2 is 2.08 bits per heavy atom. The maximum absolute atomic E-state index is 12.7. The van der Waals surface area contributed by atoms with Gasteiger partial charge in [0.25, 0.3) is 0 Å². The van der Waals surface area contributed by atoms with E-state index in [0.717, 1.165) is 0 Å². The molecule has 148 valence electrons. The highest BCUT2D eigenvalue weighted by atomic mass is 32.2. The van der Waals surface area contributed by atoms with Crippen LogP contribution in [0.5, 0.6) is 0 Å². The Morgan fingerprint density at radius 3 is 2.65 bits per heavy atom. The van der Waals surface area contributed by atoms with Crippen molar-refractivity contribution in [3.63, 3.8) is 0 Å². The van der Waals surface area contributed by atoms with Crippen molar-refractivity contribution in [1.82, 2.24) is 18.8 Å². The minimum atomic E-state index is -3.76. The normalized spacial score (nSPS) is 23.4. The molecule has 2 atom stereocenters. The molecule has 2 rings (SSSR count). The lowest BCUT2D eigenvalue weighted by atomic mass is 10.0. The second-order valence-electron chi connectivity index (χ2n) is 7.33. The maximum atomic E-state index is 12.7. The van der Waals surface area contributed by atoms with Gasteiger partial charge in [-0.15, -0.1) is 0 Å². The zero-order valence-corrected chi connectivity index (χ0v) is 16.4. The van der Waals surface area contributed by atoms with Gasteiger partial charge in [0.2, 0.25) is 5.91 Å². The van der Waals surface area contributed by atoms with Crippen molar-refractivity contribution in [3.8, 4) is 0 Å². The highest BCUT2D eigenvalue weighted by Gasteiger charge is 2.36. The predicted octanol–water partition coefficient (Wildman–Crippen LogP) is -0.570. The molecule has 26 heavy (non-hydrogen) atoms. The highest BCUT2D eigenvalue weighted by molar-refractivity contribution is 7.86. The highest BCUT2D eigenvalue weighted by Crippen LogP contribution is 2.18. The van der Waals surface area contributed by atoms with E-state index in [9.17, 15) is 18.0 Å². The number of nitrogens with one attached hydrogen (secondary N) is 1. The van der Waals surface area contributed by atoms with Crippen LogP contribution in [-0.2, 0) is 19.8 Å². The Kier molecular flexibility index (Phi) is 6.64. The van der Waals surface area contributed by atoms with E-state index in [1.807, 2.05) is 13.8 Å². The lowest BCUT2D eigenvalue weighted by Gasteiger charge is -2.26. The molecule has 0 aromatic carbocycles. The molecule has 3 N–H and O–H groups in total. The first-order valence-corrected chi connectivity index (χ1v) is 10.2. The Bertz CT molecular complexity index is 664. The summed E-state index contributed by atoms with van der Waals surface area (Å²) in [7, 11) is -1.99. The second kappa shape index (κ2) is 8.36. The quantitative estimate of drug-likeness (QED) is 0.631. The van der Waals surface area contributed by atoms with Gasteiger partial charge in [0, 0.05) is 26.0 Å². The number of carbonyl (C=O) groups excluding carboxylic acids is 2. The summed E-state index contributed by atoms with van der Waals surface area (Å²) in [6, 6.07) is -1.37. The molecule has 1 unspecified atom stereocenters. The molecular weight excluding hydrogens is 358 g/mol. The fraction of sp³-hybridized carbons (Fsp3) is 0.750. The number of rotatable bonds is 6. The third kappa shape index (κ3) is 4.95. The molecule has 1 amide bonds. The maximum Gasteiger partial charge on any atom is 0.305 e. The van der Waals surface area contributed by atoms with E-state index in [2.05, 4.69) is 5.32 Å². The number of Topliss-reactive ketones (excluding diaryl/α,β-unsaturated/α-hetero) is 1. The lowest BCUT2D eigenvalue weighted by Crippen LogP contribution is -2.50. The van der Waals surface area contributed by atoms with Crippen molar-refractivity contribution in [1.29, 1.82) is 0 Å². The van der Waals surface area contributed by atoms with Crippen LogP contribution < -0.4 is 11.1 Å². The van der Waals surface area contributed by atoms with Crippen LogP contribution in [0, 0.1) is 5.92 Å². The lowest BCUT2D eigenvalue weighted by molar-refractivity contribution is -0.128. The summed E-state index contributed by atoms with van der Waals surface area (Å²) >= 11 is 0. The topological polar surface area (TPSA) is 116 Å². The van der Waals surface area contributed by atoms with Crippen LogP contribution in [0.2, 0.25) is 0 Å². The van der Waals surface area contributed by atoms with E-state index in [4.69, 9.17) is 5.73 Å². The number of amides is 1. The molecule has 0 saturated carbocycles. The molecule has 10 heteroatoms. The second-order valence-corrected chi connectivity index (χ2v) is 9.21. The van der Waals surface area contributed by atoms with Gasteiger partial charge in [-0.1, -0.05) is 13.8 Å². The fourth-order valence-electron chi connectivity index (χ4n) is 3.04. The molecule has 1 fully saturated rings.